The summed E-state index contributed by atoms with van der Waals surface area (Å²) in [7, 11) is 0. The van der Waals surface area contributed by atoms with E-state index < -0.39 is 0 Å². The topological polar surface area (TPSA) is 35.5 Å². The highest BCUT2D eigenvalue weighted by atomic mass is 16.5. The van der Waals surface area contributed by atoms with E-state index in [0.29, 0.717) is 6.61 Å². The molecule has 3 nitrogen and oxygen atoms in total. The van der Waals surface area contributed by atoms with E-state index in [1.54, 1.807) is 0 Å². The van der Waals surface area contributed by atoms with Crippen molar-refractivity contribution in [3.8, 4) is 5.75 Å². The van der Waals surface area contributed by atoms with Crippen molar-refractivity contribution in [2.75, 3.05) is 13.2 Å². The lowest BCUT2D eigenvalue weighted by atomic mass is 10.3. The number of hydrogen-bond donors (Lipinski definition) is 0. The lowest BCUT2D eigenvalue weighted by Gasteiger charge is -2.01. The summed E-state index contributed by atoms with van der Waals surface area (Å²) in [5, 5.41) is 0. The number of esters is 1. The molecule has 96 valence electrons. The summed E-state index contributed by atoms with van der Waals surface area (Å²) in [5.41, 5.74) is 0. The Morgan fingerprint density at radius 1 is 1.06 bits per heavy atom. The number of para-hydroxylation sites is 1. The van der Waals surface area contributed by atoms with Crippen LogP contribution < -0.4 is 4.74 Å². The number of benzene rings is 1. The number of carbonyl (C=O) groups excluding carboxylic acids is 1. The van der Waals surface area contributed by atoms with Crippen molar-refractivity contribution in [3.63, 3.8) is 0 Å². The Bertz CT molecular complexity index is 283. The second kappa shape index (κ2) is 11.0. The highest BCUT2D eigenvalue weighted by Crippen LogP contribution is 2.07. The summed E-state index contributed by atoms with van der Waals surface area (Å²) >= 11 is 0. The van der Waals surface area contributed by atoms with Crippen molar-refractivity contribution in [1.29, 1.82) is 0 Å². The van der Waals surface area contributed by atoms with Crippen LogP contribution in [0.2, 0.25) is 0 Å². The third-order valence-electron chi connectivity index (χ3n) is 1.73. The first-order chi connectivity index (χ1) is 8.20. The van der Waals surface area contributed by atoms with Gasteiger partial charge in [0.25, 0.3) is 0 Å². The van der Waals surface area contributed by atoms with E-state index in [2.05, 4.69) is 11.7 Å². The highest BCUT2D eigenvalue weighted by molar-refractivity contribution is 5.65. The Morgan fingerprint density at radius 3 is 2.06 bits per heavy atom. The monoisotopic (exact) mass is 238 g/mol. The van der Waals surface area contributed by atoms with Crippen LogP contribution in [0.5, 0.6) is 5.75 Å². The van der Waals surface area contributed by atoms with Gasteiger partial charge >= 0.3 is 5.97 Å². The van der Waals surface area contributed by atoms with Gasteiger partial charge in [-0.2, -0.15) is 0 Å². The maximum Gasteiger partial charge on any atom is 0.302 e. The first-order valence-corrected chi connectivity index (χ1v) is 6.01. The molecule has 0 amide bonds. The van der Waals surface area contributed by atoms with Crippen molar-refractivity contribution in [2.45, 2.75) is 33.6 Å². The molecule has 0 unspecified atom stereocenters. The average Bonchev–Trinajstić information content (AvgIpc) is 2.36. The second-order valence-electron chi connectivity index (χ2n) is 3.50. The molecule has 0 saturated heterocycles. The summed E-state index contributed by atoms with van der Waals surface area (Å²) in [6.45, 7) is 6.83. The molecule has 0 aliphatic heterocycles. The molecule has 0 atom stereocenters. The van der Waals surface area contributed by atoms with Crippen molar-refractivity contribution in [2.24, 2.45) is 0 Å². The summed E-state index contributed by atoms with van der Waals surface area (Å²) in [5.74, 6) is 0.770. The minimum Gasteiger partial charge on any atom is -0.494 e. The fourth-order valence-electron chi connectivity index (χ4n) is 0.982. The summed E-state index contributed by atoms with van der Waals surface area (Å²) in [6, 6.07) is 9.88. The predicted octanol–water partition coefficient (Wildman–Crippen LogP) is 3.43. The molecular weight excluding hydrogens is 216 g/mol. The molecule has 0 fully saturated rings. The maximum atomic E-state index is 9.98. The zero-order chi connectivity index (χ0) is 12.9. The molecule has 1 aromatic carbocycles. The van der Waals surface area contributed by atoms with Crippen molar-refractivity contribution in [3.05, 3.63) is 30.3 Å². The summed E-state index contributed by atoms with van der Waals surface area (Å²) < 4.78 is 9.91. The first-order valence-electron chi connectivity index (χ1n) is 6.01. The van der Waals surface area contributed by atoms with E-state index in [0.717, 1.165) is 25.2 Å². The molecule has 0 spiro atoms. The van der Waals surface area contributed by atoms with Crippen LogP contribution in [0.1, 0.15) is 33.6 Å². The van der Waals surface area contributed by atoms with Gasteiger partial charge in [-0.25, -0.2) is 0 Å². The lowest BCUT2D eigenvalue weighted by Crippen LogP contribution is -1.98. The van der Waals surface area contributed by atoms with Crippen LogP contribution in [0.3, 0.4) is 0 Å². The van der Waals surface area contributed by atoms with Gasteiger partial charge in [-0.15, -0.1) is 0 Å². The van der Waals surface area contributed by atoms with Gasteiger partial charge < -0.3 is 9.47 Å². The van der Waals surface area contributed by atoms with E-state index in [-0.39, 0.29) is 5.97 Å². The van der Waals surface area contributed by atoms with E-state index >= 15 is 0 Å². The fraction of sp³-hybridized carbons (Fsp3) is 0.500. The van der Waals surface area contributed by atoms with Gasteiger partial charge in [0, 0.05) is 6.92 Å². The molecule has 0 aliphatic carbocycles. The van der Waals surface area contributed by atoms with E-state index in [9.17, 15) is 4.79 Å². The molecule has 0 aliphatic rings. The van der Waals surface area contributed by atoms with Crippen LogP contribution in [0.25, 0.3) is 0 Å². The molecule has 0 bridgehead atoms. The average molecular weight is 238 g/mol. The lowest BCUT2D eigenvalue weighted by molar-refractivity contribution is -0.140. The molecule has 0 saturated carbocycles. The van der Waals surface area contributed by atoms with Gasteiger partial charge in [0.1, 0.15) is 5.75 Å². The van der Waals surface area contributed by atoms with Gasteiger partial charge in [0.2, 0.25) is 0 Å². The molecule has 0 N–H and O–H groups in total. The van der Waals surface area contributed by atoms with Crippen LogP contribution in [0, 0.1) is 0 Å². The van der Waals surface area contributed by atoms with E-state index in [1.165, 1.54) is 6.92 Å². The zero-order valence-corrected chi connectivity index (χ0v) is 10.9. The van der Waals surface area contributed by atoms with Crippen molar-refractivity contribution in [1.82, 2.24) is 0 Å². The minimum atomic E-state index is -0.193. The third-order valence-corrected chi connectivity index (χ3v) is 1.73. The molecule has 1 rings (SSSR count). The molecule has 17 heavy (non-hydrogen) atoms. The van der Waals surface area contributed by atoms with Gasteiger partial charge in [-0.05, 0) is 25.0 Å². The molecule has 0 radical (unpaired) electrons. The first kappa shape index (κ1) is 15.5. The summed E-state index contributed by atoms with van der Waals surface area (Å²) in [6.07, 6.45) is 1.97. The number of rotatable bonds is 5. The number of ether oxygens (including phenoxy) is 2. The van der Waals surface area contributed by atoms with Crippen LogP contribution in [-0.4, -0.2) is 19.2 Å². The molecule has 0 heterocycles. The summed E-state index contributed by atoms with van der Waals surface area (Å²) in [4.78, 5) is 9.98. The fourth-order valence-corrected chi connectivity index (χ4v) is 0.982. The number of carbonyl (C=O) groups is 1. The predicted molar refractivity (Wildman–Crippen MR) is 69.2 cm³/mol. The smallest absolute Gasteiger partial charge is 0.302 e. The Labute approximate surface area is 104 Å². The van der Waals surface area contributed by atoms with Crippen LogP contribution in [0.15, 0.2) is 30.3 Å². The SMILES string of the molecule is CCCOC(C)=O.CCCOc1ccccc1. The zero-order valence-electron chi connectivity index (χ0n) is 10.9. The maximum absolute atomic E-state index is 9.98. The minimum absolute atomic E-state index is 0.193. The van der Waals surface area contributed by atoms with Crippen molar-refractivity contribution < 1.29 is 14.3 Å². The highest BCUT2D eigenvalue weighted by Gasteiger charge is 1.86. The van der Waals surface area contributed by atoms with Crippen molar-refractivity contribution >= 4 is 5.97 Å². The Balaban J connectivity index is 0.000000325. The van der Waals surface area contributed by atoms with Crippen LogP contribution in [0.4, 0.5) is 0 Å². The standard InChI is InChI=1S/C9H12O.C5H10O2/c1-2-8-10-9-6-4-3-5-7-9;1-3-4-7-5(2)6/h3-7H,2,8H2,1H3;3-4H2,1-2H3. The van der Waals surface area contributed by atoms with E-state index in [4.69, 9.17) is 4.74 Å². The largest absolute Gasteiger partial charge is 0.494 e. The third kappa shape index (κ3) is 10.8. The molecule has 3 heteroatoms. The molecular formula is C14H22O3. The molecule has 0 aromatic heterocycles. The molecule has 1 aromatic rings. The normalized spacial score (nSPS) is 8.88. The Morgan fingerprint density at radius 2 is 1.65 bits per heavy atom. The quantitative estimate of drug-likeness (QED) is 0.737. The Kier molecular flexibility index (Phi) is 10.0. The van der Waals surface area contributed by atoms with Gasteiger partial charge in [0.15, 0.2) is 0 Å². The Hall–Kier alpha value is -1.51. The second-order valence-corrected chi connectivity index (χ2v) is 3.50. The number of hydrogen-bond acceptors (Lipinski definition) is 3. The van der Waals surface area contributed by atoms with Gasteiger partial charge in [0.05, 0.1) is 13.2 Å². The van der Waals surface area contributed by atoms with Crippen LogP contribution >= 0.6 is 0 Å². The van der Waals surface area contributed by atoms with Crippen LogP contribution in [-0.2, 0) is 9.53 Å². The van der Waals surface area contributed by atoms with Gasteiger partial charge in [-0.3, -0.25) is 4.79 Å². The van der Waals surface area contributed by atoms with Gasteiger partial charge in [-0.1, -0.05) is 32.0 Å². The van der Waals surface area contributed by atoms with E-state index in [1.807, 2.05) is 37.3 Å².